The van der Waals surface area contributed by atoms with Crippen LogP contribution in [0.15, 0.2) is 48.5 Å². The van der Waals surface area contributed by atoms with Gasteiger partial charge in [-0.2, -0.15) is 0 Å². The van der Waals surface area contributed by atoms with Crippen molar-refractivity contribution in [1.82, 2.24) is 0 Å². The Labute approximate surface area is 120 Å². The molecule has 0 spiro atoms. The minimum atomic E-state index is -0.196. The molecule has 0 N–H and O–H groups in total. The van der Waals surface area contributed by atoms with Crippen molar-refractivity contribution in [1.29, 1.82) is 0 Å². The van der Waals surface area contributed by atoms with E-state index in [1.165, 1.54) is 17.7 Å². The Balaban J connectivity index is 2.14. The third kappa shape index (κ3) is 3.56. The molecule has 0 aliphatic rings. The lowest BCUT2D eigenvalue weighted by molar-refractivity contribution is 0.625. The maximum absolute atomic E-state index is 12.9. The van der Waals surface area contributed by atoms with Crippen molar-refractivity contribution in [2.24, 2.45) is 0 Å². The maximum atomic E-state index is 12.9. The summed E-state index contributed by atoms with van der Waals surface area (Å²) < 4.78 is 12.9. The molecule has 0 aliphatic heterocycles. The summed E-state index contributed by atoms with van der Waals surface area (Å²) in [5, 5.41) is 1.59. The molecule has 0 amide bonds. The van der Waals surface area contributed by atoms with Gasteiger partial charge in [-0.1, -0.05) is 51.8 Å². The number of halogens is 3. The van der Waals surface area contributed by atoms with Gasteiger partial charge in [0.1, 0.15) is 5.82 Å². The summed E-state index contributed by atoms with van der Waals surface area (Å²) in [5.41, 5.74) is 2.37. The molecule has 2 rings (SSSR count). The second-order valence-electron chi connectivity index (χ2n) is 4.23. The Morgan fingerprint density at radius 1 is 1.00 bits per heavy atom. The van der Waals surface area contributed by atoms with Crippen LogP contribution >= 0.6 is 27.5 Å². The fraction of sp³-hybridized carbons (Fsp3) is 0.200. The zero-order valence-electron chi connectivity index (χ0n) is 9.74. The molecule has 1 unspecified atom stereocenters. The van der Waals surface area contributed by atoms with E-state index in [0.29, 0.717) is 5.92 Å². The minimum Gasteiger partial charge on any atom is -0.207 e. The van der Waals surface area contributed by atoms with E-state index in [-0.39, 0.29) is 5.82 Å². The number of hydrogen-bond donors (Lipinski definition) is 0. The number of benzene rings is 2. The first-order chi connectivity index (χ1) is 8.69. The molecule has 94 valence electrons. The van der Waals surface area contributed by atoms with Gasteiger partial charge < -0.3 is 0 Å². The summed E-state index contributed by atoms with van der Waals surface area (Å²) in [6.45, 7) is 0. The van der Waals surface area contributed by atoms with E-state index in [9.17, 15) is 4.39 Å². The molecule has 1 atom stereocenters. The molecule has 0 saturated heterocycles. The zero-order chi connectivity index (χ0) is 13.0. The van der Waals surface area contributed by atoms with E-state index in [0.717, 1.165) is 22.3 Å². The fourth-order valence-electron chi connectivity index (χ4n) is 1.90. The quantitative estimate of drug-likeness (QED) is 0.677. The van der Waals surface area contributed by atoms with Crippen molar-refractivity contribution in [2.45, 2.75) is 12.3 Å². The molecule has 0 bridgehead atoms. The largest absolute Gasteiger partial charge is 0.207 e. The van der Waals surface area contributed by atoms with Crippen LogP contribution in [0, 0.1) is 5.82 Å². The molecule has 0 aliphatic carbocycles. The molecule has 0 heterocycles. The van der Waals surface area contributed by atoms with Crippen molar-refractivity contribution in [3.63, 3.8) is 0 Å². The summed E-state index contributed by atoms with van der Waals surface area (Å²) in [4.78, 5) is 0. The molecule has 3 heteroatoms. The maximum Gasteiger partial charge on any atom is 0.123 e. The van der Waals surface area contributed by atoms with Crippen molar-refractivity contribution in [3.8, 4) is 0 Å². The molecule has 0 saturated carbocycles. The third-order valence-electron chi connectivity index (χ3n) is 2.92. The van der Waals surface area contributed by atoms with Crippen LogP contribution in [0.5, 0.6) is 0 Å². The molecule has 0 aromatic heterocycles. The lowest BCUT2D eigenvalue weighted by Gasteiger charge is -2.14. The van der Waals surface area contributed by atoms with Gasteiger partial charge in [-0.15, -0.1) is 0 Å². The van der Waals surface area contributed by atoms with Gasteiger partial charge in [0.2, 0.25) is 0 Å². The van der Waals surface area contributed by atoms with Gasteiger partial charge in [-0.25, -0.2) is 4.39 Å². The summed E-state index contributed by atoms with van der Waals surface area (Å²) in [7, 11) is 0. The Bertz CT molecular complexity index is 493. The van der Waals surface area contributed by atoms with E-state index < -0.39 is 0 Å². The third-order valence-corrected chi connectivity index (χ3v) is 3.96. The average molecular weight is 328 g/mol. The van der Waals surface area contributed by atoms with Crippen LogP contribution in [-0.4, -0.2) is 5.33 Å². The Morgan fingerprint density at radius 2 is 1.61 bits per heavy atom. The molecule has 2 aromatic rings. The van der Waals surface area contributed by atoms with Crippen molar-refractivity contribution < 1.29 is 4.39 Å². The van der Waals surface area contributed by atoms with Gasteiger partial charge in [-0.05, 0) is 47.7 Å². The first kappa shape index (κ1) is 13.6. The summed E-state index contributed by atoms with van der Waals surface area (Å²) in [6.07, 6.45) is 0.911. The summed E-state index contributed by atoms with van der Waals surface area (Å²) >= 11 is 9.39. The second-order valence-corrected chi connectivity index (χ2v) is 5.32. The monoisotopic (exact) mass is 326 g/mol. The van der Waals surface area contributed by atoms with Gasteiger partial charge in [-0.3, -0.25) is 0 Å². The molecule has 2 aromatic carbocycles. The van der Waals surface area contributed by atoms with Gasteiger partial charge in [0.15, 0.2) is 0 Å². The van der Waals surface area contributed by atoms with E-state index in [4.69, 9.17) is 11.6 Å². The van der Waals surface area contributed by atoms with Gasteiger partial charge >= 0.3 is 0 Å². The Hall–Kier alpha value is -0.860. The van der Waals surface area contributed by atoms with Gasteiger partial charge in [0.05, 0.1) is 0 Å². The standard InChI is InChI=1S/C15H13BrClF/c16-10-13(12-3-7-15(18)8-4-12)9-11-1-5-14(17)6-2-11/h1-8,13H,9-10H2. The first-order valence-electron chi connectivity index (χ1n) is 5.75. The van der Waals surface area contributed by atoms with Crippen LogP contribution in [0.25, 0.3) is 0 Å². The van der Waals surface area contributed by atoms with E-state index in [2.05, 4.69) is 15.9 Å². The van der Waals surface area contributed by atoms with Crippen LogP contribution in [-0.2, 0) is 6.42 Å². The van der Waals surface area contributed by atoms with Crippen LogP contribution in [0.4, 0.5) is 4.39 Å². The highest BCUT2D eigenvalue weighted by Crippen LogP contribution is 2.24. The lowest BCUT2D eigenvalue weighted by atomic mass is 9.94. The van der Waals surface area contributed by atoms with Crippen molar-refractivity contribution >= 4 is 27.5 Å². The van der Waals surface area contributed by atoms with Crippen molar-refractivity contribution in [3.05, 3.63) is 70.5 Å². The molecule has 0 radical (unpaired) electrons. The predicted molar refractivity (Wildman–Crippen MR) is 78.1 cm³/mol. The number of alkyl halides is 1. The van der Waals surface area contributed by atoms with Crippen LogP contribution in [0.2, 0.25) is 5.02 Å². The minimum absolute atomic E-state index is 0.196. The highest BCUT2D eigenvalue weighted by Gasteiger charge is 2.11. The van der Waals surface area contributed by atoms with Crippen LogP contribution in [0.1, 0.15) is 17.0 Å². The highest BCUT2D eigenvalue weighted by atomic mass is 79.9. The van der Waals surface area contributed by atoms with Gasteiger partial charge in [0.25, 0.3) is 0 Å². The van der Waals surface area contributed by atoms with Crippen LogP contribution in [0.3, 0.4) is 0 Å². The first-order valence-corrected chi connectivity index (χ1v) is 7.25. The normalized spacial score (nSPS) is 12.4. The lowest BCUT2D eigenvalue weighted by Crippen LogP contribution is -2.04. The second kappa shape index (κ2) is 6.35. The topological polar surface area (TPSA) is 0 Å². The molecule has 0 nitrogen and oxygen atoms in total. The molecular formula is C15H13BrClF. The van der Waals surface area contributed by atoms with E-state index >= 15 is 0 Å². The molecule has 0 fully saturated rings. The van der Waals surface area contributed by atoms with E-state index in [1.54, 1.807) is 0 Å². The Morgan fingerprint density at radius 3 is 2.17 bits per heavy atom. The smallest absolute Gasteiger partial charge is 0.123 e. The number of rotatable bonds is 4. The molecular weight excluding hydrogens is 315 g/mol. The average Bonchev–Trinajstić information content (AvgIpc) is 2.39. The number of hydrogen-bond acceptors (Lipinski definition) is 0. The van der Waals surface area contributed by atoms with E-state index in [1.807, 2.05) is 36.4 Å². The summed E-state index contributed by atoms with van der Waals surface area (Å²) in [6, 6.07) is 14.6. The molecule has 18 heavy (non-hydrogen) atoms. The fourth-order valence-corrected chi connectivity index (χ4v) is 2.63. The van der Waals surface area contributed by atoms with Gasteiger partial charge in [0, 0.05) is 10.4 Å². The summed E-state index contributed by atoms with van der Waals surface area (Å²) in [5.74, 6) is 0.144. The zero-order valence-corrected chi connectivity index (χ0v) is 12.1. The SMILES string of the molecule is Fc1ccc(C(CBr)Cc2ccc(Cl)cc2)cc1. The Kier molecular flexibility index (Phi) is 4.79. The van der Waals surface area contributed by atoms with Crippen LogP contribution < -0.4 is 0 Å². The van der Waals surface area contributed by atoms with Crippen molar-refractivity contribution in [2.75, 3.05) is 5.33 Å². The predicted octanol–water partition coefficient (Wildman–Crippen LogP) is 5.20. The highest BCUT2D eigenvalue weighted by molar-refractivity contribution is 9.09.